The van der Waals surface area contributed by atoms with Crippen LogP contribution < -0.4 is 15.5 Å². The van der Waals surface area contributed by atoms with Crippen LogP contribution in [0.1, 0.15) is 35.6 Å². The van der Waals surface area contributed by atoms with Gasteiger partial charge in [-0.1, -0.05) is 33.6 Å². The van der Waals surface area contributed by atoms with Crippen LogP contribution in [0.5, 0.6) is 5.75 Å². The quantitative estimate of drug-likeness (QED) is 0.368. The second-order valence-corrected chi connectivity index (χ2v) is 8.91. The zero-order chi connectivity index (χ0) is 22.4. The Bertz CT molecular complexity index is 980. The molecule has 0 radical (unpaired) electrons. The first-order valence-electron chi connectivity index (χ1n) is 9.35. The highest BCUT2D eigenvalue weighted by Gasteiger charge is 2.11. The number of aryl methyl sites for hydroxylation is 4. The van der Waals surface area contributed by atoms with Crippen LogP contribution in [0.3, 0.4) is 0 Å². The van der Waals surface area contributed by atoms with Crippen molar-refractivity contribution in [3.63, 3.8) is 0 Å². The van der Waals surface area contributed by atoms with Crippen molar-refractivity contribution in [3.8, 4) is 5.75 Å². The molecule has 160 valence electrons. The summed E-state index contributed by atoms with van der Waals surface area (Å²) in [5.41, 5.74) is 7.88. The lowest BCUT2D eigenvalue weighted by atomic mass is 10.0. The van der Waals surface area contributed by atoms with Gasteiger partial charge in [-0.2, -0.15) is 5.10 Å². The Labute approximate surface area is 193 Å². The Hall–Kier alpha value is -2.19. The maximum atomic E-state index is 12.3. The van der Waals surface area contributed by atoms with Crippen molar-refractivity contribution < 1.29 is 14.3 Å². The Morgan fingerprint density at radius 3 is 2.20 bits per heavy atom. The summed E-state index contributed by atoms with van der Waals surface area (Å²) in [6, 6.07) is 7.74. The van der Waals surface area contributed by atoms with Gasteiger partial charge in [0.05, 0.1) is 10.9 Å². The second-order valence-electron chi connectivity index (χ2n) is 7.20. The van der Waals surface area contributed by atoms with E-state index in [1.54, 1.807) is 6.92 Å². The number of carbonyl (C=O) groups is 2. The van der Waals surface area contributed by atoms with Crippen LogP contribution in [-0.2, 0) is 9.59 Å². The first-order chi connectivity index (χ1) is 14.1. The lowest BCUT2D eigenvalue weighted by Gasteiger charge is -2.13. The van der Waals surface area contributed by atoms with E-state index < -0.39 is 5.91 Å². The van der Waals surface area contributed by atoms with Crippen molar-refractivity contribution in [2.75, 3.05) is 11.9 Å². The number of nitrogens with one attached hydrogen (secondary N) is 2. The first kappa shape index (κ1) is 24.1. The molecule has 0 aliphatic rings. The molecule has 2 rings (SSSR count). The van der Waals surface area contributed by atoms with Crippen LogP contribution in [0.15, 0.2) is 38.3 Å². The van der Waals surface area contributed by atoms with E-state index in [-0.39, 0.29) is 18.9 Å². The number of halogens is 2. The fourth-order valence-electron chi connectivity index (χ4n) is 2.91. The maximum Gasteiger partial charge on any atom is 0.277 e. The highest BCUT2D eigenvalue weighted by Crippen LogP contribution is 2.31. The summed E-state index contributed by atoms with van der Waals surface area (Å²) < 4.78 is 7.22. The van der Waals surface area contributed by atoms with E-state index in [0.29, 0.717) is 11.5 Å². The minimum Gasteiger partial charge on any atom is -0.483 e. The van der Waals surface area contributed by atoms with Crippen molar-refractivity contribution in [3.05, 3.63) is 55.5 Å². The smallest absolute Gasteiger partial charge is 0.277 e. The average molecular weight is 539 g/mol. The van der Waals surface area contributed by atoms with Crippen LogP contribution in [0.4, 0.5) is 5.69 Å². The Kier molecular flexibility index (Phi) is 8.61. The average Bonchev–Trinajstić information content (AvgIpc) is 2.64. The molecule has 0 unspecified atom stereocenters. The van der Waals surface area contributed by atoms with Gasteiger partial charge in [0.25, 0.3) is 5.91 Å². The molecule has 0 fully saturated rings. The standard InChI is InChI=1S/C22H25Br2N3O3/c1-12-6-14(3)22(15(4)7-12)25-20(28)9-16(5)26-27-21(29)11-30-19-8-13(2)17(23)10-18(19)24/h6-8,10H,9,11H2,1-5H3,(H,25,28)(H,27,29). The number of ether oxygens (including phenoxy) is 1. The SMILES string of the molecule is CC(CC(=O)Nc1c(C)cc(C)cc1C)=NNC(=O)COc1cc(C)c(Br)cc1Br. The van der Waals surface area contributed by atoms with Gasteiger partial charge in [-0.15, -0.1) is 0 Å². The fourth-order valence-corrected chi connectivity index (χ4v) is 4.02. The first-order valence-corrected chi connectivity index (χ1v) is 10.9. The maximum absolute atomic E-state index is 12.3. The van der Waals surface area contributed by atoms with Gasteiger partial charge in [0.15, 0.2) is 6.61 Å². The van der Waals surface area contributed by atoms with E-state index in [1.807, 2.05) is 52.0 Å². The molecule has 0 heterocycles. The van der Waals surface area contributed by atoms with E-state index >= 15 is 0 Å². The summed E-state index contributed by atoms with van der Waals surface area (Å²) in [5.74, 6) is -0.0340. The van der Waals surface area contributed by atoms with Gasteiger partial charge in [-0.05, 0) is 79.4 Å². The molecule has 8 heteroatoms. The third kappa shape index (κ3) is 6.95. The highest BCUT2D eigenvalue weighted by molar-refractivity contribution is 9.11. The molecule has 2 amide bonds. The normalized spacial score (nSPS) is 11.2. The van der Waals surface area contributed by atoms with Gasteiger partial charge in [0.2, 0.25) is 5.91 Å². The fraction of sp³-hybridized carbons (Fsp3) is 0.318. The van der Waals surface area contributed by atoms with Gasteiger partial charge in [-0.25, -0.2) is 5.43 Å². The molecule has 2 aromatic rings. The summed E-state index contributed by atoms with van der Waals surface area (Å²) in [6.45, 7) is 9.37. The predicted molar refractivity (Wildman–Crippen MR) is 127 cm³/mol. The molecule has 0 bridgehead atoms. The molecule has 0 atom stereocenters. The second kappa shape index (κ2) is 10.7. The number of hydrogen-bond donors (Lipinski definition) is 2. The van der Waals surface area contributed by atoms with E-state index in [4.69, 9.17) is 4.74 Å². The zero-order valence-electron chi connectivity index (χ0n) is 17.7. The number of nitrogens with zero attached hydrogens (tertiary/aromatic N) is 1. The van der Waals surface area contributed by atoms with Crippen LogP contribution in [-0.4, -0.2) is 24.1 Å². The topological polar surface area (TPSA) is 79.8 Å². The number of benzene rings is 2. The van der Waals surface area contributed by atoms with E-state index in [0.717, 1.165) is 36.9 Å². The van der Waals surface area contributed by atoms with Crippen molar-refractivity contribution >= 4 is 55.1 Å². The summed E-state index contributed by atoms with van der Waals surface area (Å²) >= 11 is 6.84. The number of amides is 2. The van der Waals surface area contributed by atoms with Gasteiger partial charge < -0.3 is 10.1 Å². The van der Waals surface area contributed by atoms with E-state index in [2.05, 4.69) is 47.7 Å². The van der Waals surface area contributed by atoms with Crippen molar-refractivity contribution in [2.24, 2.45) is 5.10 Å². The van der Waals surface area contributed by atoms with E-state index in [9.17, 15) is 9.59 Å². The summed E-state index contributed by atoms with van der Waals surface area (Å²) in [6.07, 6.45) is 0.0748. The molecule has 0 aliphatic carbocycles. The Balaban J connectivity index is 1.87. The van der Waals surface area contributed by atoms with Gasteiger partial charge in [0, 0.05) is 15.9 Å². The zero-order valence-corrected chi connectivity index (χ0v) is 20.8. The van der Waals surface area contributed by atoms with Crippen LogP contribution >= 0.6 is 31.9 Å². The third-order valence-electron chi connectivity index (χ3n) is 4.30. The molecular weight excluding hydrogens is 514 g/mol. The largest absolute Gasteiger partial charge is 0.483 e. The summed E-state index contributed by atoms with van der Waals surface area (Å²) in [5, 5.41) is 6.91. The predicted octanol–water partition coefficient (Wildman–Crippen LogP) is 5.34. The molecule has 0 saturated carbocycles. The number of carbonyl (C=O) groups excluding carboxylic acids is 2. The minimum absolute atomic E-state index is 0.0748. The van der Waals surface area contributed by atoms with Crippen LogP contribution in [0.25, 0.3) is 0 Å². The van der Waals surface area contributed by atoms with Crippen molar-refractivity contribution in [1.29, 1.82) is 0 Å². The molecule has 30 heavy (non-hydrogen) atoms. The van der Waals surface area contributed by atoms with Crippen molar-refractivity contribution in [1.82, 2.24) is 5.43 Å². The number of hydrazone groups is 1. The van der Waals surface area contributed by atoms with Crippen molar-refractivity contribution in [2.45, 2.75) is 41.0 Å². The lowest BCUT2D eigenvalue weighted by Crippen LogP contribution is -2.26. The monoisotopic (exact) mass is 537 g/mol. The lowest BCUT2D eigenvalue weighted by molar-refractivity contribution is -0.123. The molecule has 0 spiro atoms. The van der Waals surface area contributed by atoms with Gasteiger partial charge in [0.1, 0.15) is 5.75 Å². The molecule has 0 aromatic heterocycles. The van der Waals surface area contributed by atoms with Crippen LogP contribution in [0.2, 0.25) is 0 Å². The third-order valence-corrected chi connectivity index (χ3v) is 5.78. The summed E-state index contributed by atoms with van der Waals surface area (Å²) in [7, 11) is 0. The number of rotatable bonds is 7. The molecule has 0 aliphatic heterocycles. The van der Waals surface area contributed by atoms with E-state index in [1.165, 1.54) is 0 Å². The molecule has 0 saturated heterocycles. The Morgan fingerprint density at radius 1 is 0.933 bits per heavy atom. The minimum atomic E-state index is -0.410. The molecule has 6 nitrogen and oxygen atoms in total. The van der Waals surface area contributed by atoms with Gasteiger partial charge >= 0.3 is 0 Å². The van der Waals surface area contributed by atoms with Gasteiger partial charge in [-0.3, -0.25) is 9.59 Å². The Morgan fingerprint density at radius 2 is 1.57 bits per heavy atom. The molecular formula is C22H25Br2N3O3. The number of anilines is 1. The van der Waals surface area contributed by atoms with Crippen LogP contribution in [0, 0.1) is 27.7 Å². The highest BCUT2D eigenvalue weighted by atomic mass is 79.9. The number of hydrogen-bond acceptors (Lipinski definition) is 4. The summed E-state index contributed by atoms with van der Waals surface area (Å²) in [4.78, 5) is 24.3. The molecule has 2 aromatic carbocycles. The molecule has 2 N–H and O–H groups in total.